The first-order valence-corrected chi connectivity index (χ1v) is 6.68. The zero-order chi connectivity index (χ0) is 12.3. The summed E-state index contributed by atoms with van der Waals surface area (Å²) in [6, 6.07) is 8.34. The van der Waals surface area contributed by atoms with Crippen LogP contribution >= 0.6 is 12.2 Å². The molecule has 1 aromatic carbocycles. The number of benzene rings is 1. The second kappa shape index (κ2) is 5.50. The third-order valence-electron chi connectivity index (χ3n) is 3.21. The molecule has 0 bridgehead atoms. The van der Waals surface area contributed by atoms with Gasteiger partial charge >= 0.3 is 0 Å². The topological polar surface area (TPSA) is 15.3 Å². The van der Waals surface area contributed by atoms with Crippen molar-refractivity contribution >= 4 is 23.0 Å². The van der Waals surface area contributed by atoms with E-state index in [9.17, 15) is 0 Å². The van der Waals surface area contributed by atoms with E-state index in [1.807, 2.05) is 0 Å². The number of hydrogen-bond donors (Lipinski definition) is 1. The smallest absolute Gasteiger partial charge is 0.173 e. The Kier molecular flexibility index (Phi) is 4.00. The van der Waals surface area contributed by atoms with Crippen molar-refractivity contribution in [3.05, 3.63) is 29.8 Å². The Bertz CT molecular complexity index is 403. The van der Waals surface area contributed by atoms with Gasteiger partial charge in [0, 0.05) is 18.8 Å². The lowest BCUT2D eigenvalue weighted by molar-refractivity contribution is 0.276. The van der Waals surface area contributed by atoms with E-state index < -0.39 is 0 Å². The largest absolute Gasteiger partial charge is 0.349 e. The van der Waals surface area contributed by atoms with Crippen LogP contribution in [0, 0.1) is 12.8 Å². The van der Waals surface area contributed by atoms with Crippen LogP contribution in [0.5, 0.6) is 0 Å². The summed E-state index contributed by atoms with van der Waals surface area (Å²) in [5.41, 5.74) is 2.35. The Labute approximate surface area is 109 Å². The molecule has 1 N–H and O–H groups in total. The molecule has 92 valence electrons. The molecule has 0 saturated carbocycles. The van der Waals surface area contributed by atoms with Gasteiger partial charge in [0.25, 0.3) is 0 Å². The number of hydrogen-bond acceptors (Lipinski definition) is 1. The molecule has 0 amide bonds. The van der Waals surface area contributed by atoms with Gasteiger partial charge in [0.05, 0.1) is 0 Å². The lowest BCUT2D eigenvalue weighted by Gasteiger charge is -2.33. The van der Waals surface area contributed by atoms with Crippen LogP contribution in [0.1, 0.15) is 25.3 Å². The lowest BCUT2D eigenvalue weighted by Crippen LogP contribution is -2.41. The Hall–Kier alpha value is -1.09. The van der Waals surface area contributed by atoms with Crippen LogP contribution in [-0.4, -0.2) is 23.1 Å². The fraction of sp³-hybridized carbons (Fsp3) is 0.500. The highest BCUT2D eigenvalue weighted by atomic mass is 32.1. The first-order valence-electron chi connectivity index (χ1n) is 6.28. The minimum absolute atomic E-state index is 0.751. The van der Waals surface area contributed by atoms with E-state index in [1.54, 1.807) is 0 Å². The van der Waals surface area contributed by atoms with Crippen LogP contribution in [0.3, 0.4) is 0 Å². The van der Waals surface area contributed by atoms with E-state index in [0.717, 1.165) is 29.8 Å². The summed E-state index contributed by atoms with van der Waals surface area (Å²) in [7, 11) is 0. The summed E-state index contributed by atoms with van der Waals surface area (Å²) in [5.74, 6) is 0.751. The van der Waals surface area contributed by atoms with Crippen LogP contribution < -0.4 is 5.32 Å². The number of thiocarbonyl (C=S) groups is 1. The van der Waals surface area contributed by atoms with Gasteiger partial charge in [0.15, 0.2) is 5.11 Å². The highest BCUT2D eigenvalue weighted by molar-refractivity contribution is 7.80. The molecule has 1 aliphatic rings. The molecule has 2 rings (SSSR count). The monoisotopic (exact) mass is 248 g/mol. The minimum Gasteiger partial charge on any atom is -0.349 e. The molecule has 0 aromatic heterocycles. The highest BCUT2D eigenvalue weighted by Gasteiger charge is 2.18. The number of likely N-dealkylation sites (tertiary alicyclic amines) is 1. The molecule has 0 spiro atoms. The first kappa shape index (κ1) is 12.4. The summed E-state index contributed by atoms with van der Waals surface area (Å²) < 4.78 is 0. The predicted octanol–water partition coefficient (Wildman–Crippen LogP) is 3.42. The SMILES string of the molecule is Cc1cccc(NC(=S)N2CCC[C@@H](C)C2)c1. The van der Waals surface area contributed by atoms with Crippen molar-refractivity contribution in [2.24, 2.45) is 5.92 Å². The van der Waals surface area contributed by atoms with Gasteiger partial charge in [-0.05, 0) is 55.6 Å². The van der Waals surface area contributed by atoms with Gasteiger partial charge in [-0.1, -0.05) is 19.1 Å². The number of aryl methyl sites for hydroxylation is 1. The van der Waals surface area contributed by atoms with Crippen LogP contribution in [-0.2, 0) is 0 Å². The lowest BCUT2D eigenvalue weighted by atomic mass is 10.0. The molecule has 1 saturated heterocycles. The summed E-state index contributed by atoms with van der Waals surface area (Å²) >= 11 is 5.47. The minimum atomic E-state index is 0.751. The van der Waals surface area contributed by atoms with E-state index in [-0.39, 0.29) is 0 Å². The van der Waals surface area contributed by atoms with Gasteiger partial charge < -0.3 is 10.2 Å². The van der Waals surface area contributed by atoms with Crippen LogP contribution in [0.25, 0.3) is 0 Å². The van der Waals surface area contributed by atoms with E-state index in [2.05, 4.69) is 48.3 Å². The van der Waals surface area contributed by atoms with Gasteiger partial charge in [-0.3, -0.25) is 0 Å². The van der Waals surface area contributed by atoms with Gasteiger partial charge in [0.2, 0.25) is 0 Å². The third kappa shape index (κ3) is 3.43. The maximum absolute atomic E-state index is 5.47. The maximum Gasteiger partial charge on any atom is 0.173 e. The molecule has 3 heteroatoms. The van der Waals surface area contributed by atoms with Crippen molar-refractivity contribution in [2.75, 3.05) is 18.4 Å². The zero-order valence-electron chi connectivity index (χ0n) is 10.6. The quantitative estimate of drug-likeness (QED) is 0.767. The van der Waals surface area contributed by atoms with Crippen molar-refractivity contribution in [1.82, 2.24) is 4.90 Å². The Morgan fingerprint density at radius 2 is 2.29 bits per heavy atom. The standard InChI is InChI=1S/C14H20N2S/c1-11-5-3-7-13(9-11)15-14(17)16-8-4-6-12(2)10-16/h3,5,7,9,12H,4,6,8,10H2,1-2H3,(H,15,17)/t12-/m1/s1. The zero-order valence-corrected chi connectivity index (χ0v) is 11.4. The first-order chi connectivity index (χ1) is 8.15. The fourth-order valence-electron chi connectivity index (χ4n) is 2.30. The summed E-state index contributed by atoms with van der Waals surface area (Å²) in [6.07, 6.45) is 2.57. The maximum atomic E-state index is 5.47. The molecule has 0 aliphatic carbocycles. The highest BCUT2D eigenvalue weighted by Crippen LogP contribution is 2.17. The summed E-state index contributed by atoms with van der Waals surface area (Å²) in [4.78, 5) is 2.28. The Morgan fingerprint density at radius 1 is 1.47 bits per heavy atom. The second-order valence-corrected chi connectivity index (χ2v) is 5.38. The van der Waals surface area contributed by atoms with Gasteiger partial charge in [0.1, 0.15) is 0 Å². The molecule has 1 aromatic rings. The van der Waals surface area contributed by atoms with Gasteiger partial charge in [-0.2, -0.15) is 0 Å². The molecular weight excluding hydrogens is 228 g/mol. The number of rotatable bonds is 1. The van der Waals surface area contributed by atoms with Crippen LogP contribution in [0.15, 0.2) is 24.3 Å². The molecule has 2 nitrogen and oxygen atoms in total. The molecule has 1 aliphatic heterocycles. The van der Waals surface area contributed by atoms with E-state index in [4.69, 9.17) is 12.2 Å². The average molecular weight is 248 g/mol. The van der Waals surface area contributed by atoms with Crippen molar-refractivity contribution in [3.8, 4) is 0 Å². The number of anilines is 1. The second-order valence-electron chi connectivity index (χ2n) is 4.99. The van der Waals surface area contributed by atoms with Crippen molar-refractivity contribution in [3.63, 3.8) is 0 Å². The van der Waals surface area contributed by atoms with Gasteiger partial charge in [-0.25, -0.2) is 0 Å². The average Bonchev–Trinajstić information content (AvgIpc) is 2.29. The molecule has 0 unspecified atom stereocenters. The van der Waals surface area contributed by atoms with Crippen molar-refractivity contribution in [2.45, 2.75) is 26.7 Å². The fourth-order valence-corrected chi connectivity index (χ4v) is 2.58. The Balaban J connectivity index is 1.96. The number of nitrogens with one attached hydrogen (secondary N) is 1. The Morgan fingerprint density at radius 3 is 3.00 bits per heavy atom. The number of nitrogens with zero attached hydrogens (tertiary/aromatic N) is 1. The predicted molar refractivity (Wildman–Crippen MR) is 77.4 cm³/mol. The summed E-state index contributed by atoms with van der Waals surface area (Å²) in [6.45, 7) is 6.55. The molecule has 1 fully saturated rings. The molecule has 17 heavy (non-hydrogen) atoms. The van der Waals surface area contributed by atoms with E-state index >= 15 is 0 Å². The molecule has 1 atom stereocenters. The molecule has 0 radical (unpaired) electrons. The van der Waals surface area contributed by atoms with Gasteiger partial charge in [-0.15, -0.1) is 0 Å². The summed E-state index contributed by atoms with van der Waals surface area (Å²) in [5, 5.41) is 4.19. The van der Waals surface area contributed by atoms with Crippen LogP contribution in [0.4, 0.5) is 5.69 Å². The normalized spacial score (nSPS) is 20.1. The third-order valence-corrected chi connectivity index (χ3v) is 3.57. The molecular formula is C14H20N2S. The number of piperidine rings is 1. The van der Waals surface area contributed by atoms with Crippen molar-refractivity contribution in [1.29, 1.82) is 0 Å². The molecule has 1 heterocycles. The van der Waals surface area contributed by atoms with Crippen molar-refractivity contribution < 1.29 is 0 Å². The van der Waals surface area contributed by atoms with E-state index in [0.29, 0.717) is 0 Å². The van der Waals surface area contributed by atoms with E-state index in [1.165, 1.54) is 18.4 Å². The van der Waals surface area contributed by atoms with Crippen LogP contribution in [0.2, 0.25) is 0 Å².